The van der Waals surface area contributed by atoms with Crippen molar-refractivity contribution in [2.45, 2.75) is 65.5 Å². The van der Waals surface area contributed by atoms with E-state index in [-0.39, 0.29) is 0 Å². The van der Waals surface area contributed by atoms with Gasteiger partial charge in [0, 0.05) is 31.3 Å². The van der Waals surface area contributed by atoms with Gasteiger partial charge in [0.2, 0.25) is 0 Å². The van der Waals surface area contributed by atoms with Crippen molar-refractivity contribution in [1.29, 1.82) is 0 Å². The highest BCUT2D eigenvalue weighted by atomic mass is 35.5. The van der Waals surface area contributed by atoms with Gasteiger partial charge in [0.05, 0.1) is 12.6 Å². The molecule has 2 heterocycles. The molecule has 0 spiro atoms. The molecule has 2 aliphatic heterocycles. The molecule has 4 nitrogen and oxygen atoms in total. The van der Waals surface area contributed by atoms with Crippen molar-refractivity contribution >= 4 is 17.8 Å². The molecule has 5 atom stereocenters. The Kier molecular flexibility index (Phi) is 9.22. The molecule has 0 amide bonds. The molecule has 5 heteroatoms. The van der Waals surface area contributed by atoms with Crippen LogP contribution in [0.3, 0.4) is 0 Å². The van der Waals surface area contributed by atoms with E-state index in [9.17, 15) is 0 Å². The third kappa shape index (κ3) is 7.15. The molecule has 0 saturated carbocycles. The third-order valence-corrected chi connectivity index (χ3v) is 7.92. The van der Waals surface area contributed by atoms with Gasteiger partial charge in [-0.2, -0.15) is 0 Å². The molecule has 3 rings (SSSR count). The number of piperidine rings is 1. The average Bonchev–Trinajstić information content (AvgIpc) is 2.72. The van der Waals surface area contributed by atoms with Crippen LogP contribution >= 0.6 is 11.6 Å². The summed E-state index contributed by atoms with van der Waals surface area (Å²) in [5.74, 6) is 2.65. The monoisotopic (exact) mass is 449 g/mol. The predicted octanol–water partition coefficient (Wildman–Crippen LogP) is 5.14. The molecule has 1 N–H and O–H groups in total. The second-order valence-corrected chi connectivity index (χ2v) is 11.4. The normalized spacial score (nSPS) is 32.3. The highest BCUT2D eigenvalue weighted by Gasteiger charge is 2.40. The molecule has 31 heavy (non-hydrogen) atoms. The smallest absolute Gasteiger partial charge is 0.0732 e. The largest absolute Gasteiger partial charge is 0.382 e. The average molecular weight is 450 g/mol. The van der Waals surface area contributed by atoms with Gasteiger partial charge in [-0.3, -0.25) is 4.99 Å². The molecule has 1 saturated heterocycles. The minimum atomic E-state index is 0.319. The zero-order valence-corrected chi connectivity index (χ0v) is 21.1. The number of nitrogens with one attached hydrogen (secondary N) is 1. The van der Waals surface area contributed by atoms with Gasteiger partial charge in [0.25, 0.3) is 0 Å². The molecule has 3 aliphatic rings. The Morgan fingerprint density at radius 2 is 2.13 bits per heavy atom. The summed E-state index contributed by atoms with van der Waals surface area (Å²) in [7, 11) is 1.77. The Labute approximate surface area is 195 Å². The molecule has 0 aromatic heterocycles. The number of hydrogen-bond acceptors (Lipinski definition) is 4. The van der Waals surface area contributed by atoms with Crippen LogP contribution in [0.25, 0.3) is 0 Å². The number of nitrogens with zero attached hydrogens (tertiary/aromatic N) is 2. The lowest BCUT2D eigenvalue weighted by molar-refractivity contribution is 0.0249. The zero-order valence-electron chi connectivity index (χ0n) is 20.3. The number of allylic oxidation sites excluding steroid dienone is 4. The molecule has 0 bridgehead atoms. The van der Waals surface area contributed by atoms with Crippen LogP contribution in [-0.2, 0) is 4.74 Å². The van der Waals surface area contributed by atoms with Crippen molar-refractivity contribution in [3.63, 3.8) is 0 Å². The summed E-state index contributed by atoms with van der Waals surface area (Å²) < 4.78 is 5.32. The maximum absolute atomic E-state index is 6.16. The Bertz CT molecular complexity index is 657. The van der Waals surface area contributed by atoms with E-state index in [2.05, 4.69) is 67.3 Å². The van der Waals surface area contributed by atoms with Crippen LogP contribution < -0.4 is 5.32 Å². The molecular formula is C26H44ClN3O. The number of likely N-dealkylation sites (tertiary alicyclic amines) is 1. The van der Waals surface area contributed by atoms with Gasteiger partial charge in [0.1, 0.15) is 0 Å². The minimum absolute atomic E-state index is 0.319. The predicted molar refractivity (Wildman–Crippen MR) is 133 cm³/mol. The molecule has 1 fully saturated rings. The highest BCUT2D eigenvalue weighted by Crippen LogP contribution is 2.43. The van der Waals surface area contributed by atoms with E-state index in [4.69, 9.17) is 16.3 Å². The molecule has 1 aliphatic carbocycles. The van der Waals surface area contributed by atoms with E-state index in [1.807, 2.05) is 0 Å². The Balaban J connectivity index is 1.50. The van der Waals surface area contributed by atoms with Crippen LogP contribution in [0.15, 0.2) is 28.3 Å². The lowest BCUT2D eigenvalue weighted by atomic mass is 9.66. The van der Waals surface area contributed by atoms with Crippen molar-refractivity contribution in [3.8, 4) is 0 Å². The van der Waals surface area contributed by atoms with Crippen LogP contribution in [0.2, 0.25) is 0 Å². The minimum Gasteiger partial charge on any atom is -0.382 e. The van der Waals surface area contributed by atoms with E-state index >= 15 is 0 Å². The summed E-state index contributed by atoms with van der Waals surface area (Å²) in [6.45, 7) is 15.0. The third-order valence-electron chi connectivity index (χ3n) is 7.64. The van der Waals surface area contributed by atoms with Crippen molar-refractivity contribution in [2.24, 2.45) is 34.1 Å². The fourth-order valence-corrected chi connectivity index (χ4v) is 5.98. The summed E-state index contributed by atoms with van der Waals surface area (Å²) in [6, 6.07) is 0.866. The first-order chi connectivity index (χ1) is 14.8. The fourth-order valence-electron chi connectivity index (χ4n) is 5.82. The summed E-state index contributed by atoms with van der Waals surface area (Å²) in [5.41, 5.74) is 0.319. The second kappa shape index (κ2) is 11.4. The maximum Gasteiger partial charge on any atom is 0.0732 e. The van der Waals surface area contributed by atoms with Gasteiger partial charge in [-0.1, -0.05) is 51.4 Å². The van der Waals surface area contributed by atoms with E-state index < -0.39 is 0 Å². The molecule has 0 aromatic carbocycles. The van der Waals surface area contributed by atoms with Gasteiger partial charge in [-0.25, -0.2) is 0 Å². The van der Waals surface area contributed by atoms with Crippen LogP contribution in [0.1, 0.15) is 53.4 Å². The van der Waals surface area contributed by atoms with Gasteiger partial charge in [-0.05, 0) is 80.2 Å². The lowest BCUT2D eigenvalue weighted by Crippen LogP contribution is -2.53. The van der Waals surface area contributed by atoms with E-state index in [1.165, 1.54) is 19.5 Å². The van der Waals surface area contributed by atoms with Crippen molar-refractivity contribution < 1.29 is 4.74 Å². The quantitative estimate of drug-likeness (QED) is 0.529. The van der Waals surface area contributed by atoms with Crippen LogP contribution in [0, 0.1) is 29.1 Å². The maximum atomic E-state index is 6.16. The number of methoxy groups -OCH3 is 1. The van der Waals surface area contributed by atoms with Crippen molar-refractivity contribution in [2.75, 3.05) is 39.9 Å². The molecule has 4 unspecified atom stereocenters. The number of rotatable bonds is 9. The Morgan fingerprint density at radius 3 is 2.77 bits per heavy atom. The number of aliphatic imine (C=N–C) groups is 1. The SMILES string of the molecule is COCC1CC(CN[C@@H](CN2CCC(C3C=CC(Cl)=CC3)C(C)(C)C2)C(C)C)CC=N1. The van der Waals surface area contributed by atoms with Gasteiger partial charge in [-0.15, -0.1) is 0 Å². The summed E-state index contributed by atoms with van der Waals surface area (Å²) in [6.07, 6.45) is 13.3. The summed E-state index contributed by atoms with van der Waals surface area (Å²) in [5, 5.41) is 4.83. The van der Waals surface area contributed by atoms with Crippen LogP contribution in [0.5, 0.6) is 0 Å². The topological polar surface area (TPSA) is 36.9 Å². The molecule has 0 aromatic rings. The molecule has 176 valence electrons. The Morgan fingerprint density at radius 1 is 1.32 bits per heavy atom. The molecular weight excluding hydrogens is 406 g/mol. The summed E-state index contributed by atoms with van der Waals surface area (Å²) >= 11 is 6.16. The van der Waals surface area contributed by atoms with Crippen molar-refractivity contribution in [1.82, 2.24) is 10.2 Å². The van der Waals surface area contributed by atoms with E-state index in [0.29, 0.717) is 35.3 Å². The van der Waals surface area contributed by atoms with Gasteiger partial charge < -0.3 is 15.0 Å². The lowest BCUT2D eigenvalue weighted by Gasteiger charge is -2.48. The number of hydrogen-bond donors (Lipinski definition) is 1. The van der Waals surface area contributed by atoms with Gasteiger partial charge in [0.15, 0.2) is 0 Å². The Hall–Kier alpha value is -0.680. The van der Waals surface area contributed by atoms with E-state index in [1.54, 1.807) is 7.11 Å². The van der Waals surface area contributed by atoms with Crippen LogP contribution in [-0.4, -0.2) is 63.1 Å². The number of halogens is 1. The zero-order chi connectivity index (χ0) is 22.4. The highest BCUT2D eigenvalue weighted by molar-refractivity contribution is 6.31. The number of ether oxygens (including phenoxy) is 1. The standard InChI is InChI=1S/C26H44ClN3O/c1-19(2)25(29-15-20-10-12-28-23(14-20)17-31-5)16-30-13-11-24(26(3,4)18-30)21-6-8-22(27)9-7-21/h6,8-9,12,19-21,23-25,29H,7,10-11,13-18H2,1-5H3/t20?,21?,23?,24?,25-/m0/s1. The van der Waals surface area contributed by atoms with Crippen LogP contribution in [0.4, 0.5) is 0 Å². The first kappa shape index (κ1) is 25.0. The summed E-state index contributed by atoms with van der Waals surface area (Å²) in [4.78, 5) is 7.30. The first-order valence-corrected chi connectivity index (χ1v) is 12.7. The van der Waals surface area contributed by atoms with Crippen molar-refractivity contribution in [3.05, 3.63) is 23.3 Å². The van der Waals surface area contributed by atoms with Gasteiger partial charge >= 0.3 is 0 Å². The first-order valence-electron chi connectivity index (χ1n) is 12.3. The molecule has 0 radical (unpaired) electrons. The fraction of sp³-hybridized carbons (Fsp3) is 0.808. The van der Waals surface area contributed by atoms with E-state index in [0.717, 1.165) is 49.9 Å². The second-order valence-electron chi connectivity index (χ2n) is 11.0.